The van der Waals surface area contributed by atoms with Gasteiger partial charge in [-0.15, -0.1) is 0 Å². The zero-order valence-corrected chi connectivity index (χ0v) is 13.2. The van der Waals surface area contributed by atoms with Crippen LogP contribution in [0.4, 0.5) is 0 Å². The molecule has 0 aromatic rings. The minimum absolute atomic E-state index is 0.0312. The summed E-state index contributed by atoms with van der Waals surface area (Å²) in [5.41, 5.74) is 0. The highest BCUT2D eigenvalue weighted by Gasteiger charge is 2.49. The lowest BCUT2D eigenvalue weighted by Gasteiger charge is -2.15. The minimum atomic E-state index is 0.0312. The zero-order chi connectivity index (χ0) is 14.4. The second-order valence-electron chi connectivity index (χ2n) is 6.17. The minimum Gasteiger partial charge on any atom is -0.282 e. The number of hydrogen-bond acceptors (Lipinski definition) is 3. The third kappa shape index (κ3) is 3.78. The molecule has 1 saturated carbocycles. The molecule has 2 aliphatic rings. The summed E-state index contributed by atoms with van der Waals surface area (Å²) in [7, 11) is 0. The van der Waals surface area contributed by atoms with E-state index in [1.54, 1.807) is 4.90 Å². The molecule has 2 fully saturated rings. The van der Waals surface area contributed by atoms with Gasteiger partial charge in [0.2, 0.25) is 11.8 Å². The predicted molar refractivity (Wildman–Crippen MR) is 83.7 cm³/mol. The van der Waals surface area contributed by atoms with E-state index < -0.39 is 0 Å². The van der Waals surface area contributed by atoms with E-state index in [-0.39, 0.29) is 23.7 Å². The standard InChI is InChI=1S/C16H27NO2S/c18-15-13-9-8-10-14(13)16(19)17(15)11-6-4-2-1-3-5-7-12-20/h13-14,20H,1-12H2. The van der Waals surface area contributed by atoms with Gasteiger partial charge in [-0.25, -0.2) is 0 Å². The number of rotatable bonds is 9. The van der Waals surface area contributed by atoms with Crippen LogP contribution in [0.15, 0.2) is 0 Å². The number of nitrogens with zero attached hydrogens (tertiary/aromatic N) is 1. The van der Waals surface area contributed by atoms with Gasteiger partial charge in [-0.2, -0.15) is 12.6 Å². The van der Waals surface area contributed by atoms with Crippen LogP contribution in [0.25, 0.3) is 0 Å². The summed E-state index contributed by atoms with van der Waals surface area (Å²) >= 11 is 4.20. The van der Waals surface area contributed by atoms with Crippen molar-refractivity contribution in [2.75, 3.05) is 12.3 Å². The van der Waals surface area contributed by atoms with Crippen LogP contribution in [0.3, 0.4) is 0 Å². The molecule has 1 aliphatic carbocycles. The SMILES string of the molecule is O=C1C2CCCC2C(=O)N1CCCCCCCCCS. The topological polar surface area (TPSA) is 37.4 Å². The number of unbranched alkanes of at least 4 members (excludes halogenated alkanes) is 6. The third-order valence-electron chi connectivity index (χ3n) is 4.72. The van der Waals surface area contributed by atoms with E-state index in [1.165, 1.54) is 32.1 Å². The molecule has 0 bridgehead atoms. The average Bonchev–Trinajstić information content (AvgIpc) is 3.00. The lowest BCUT2D eigenvalue weighted by atomic mass is 10.00. The molecule has 1 aliphatic heterocycles. The summed E-state index contributed by atoms with van der Waals surface area (Å²) in [5, 5.41) is 0. The van der Waals surface area contributed by atoms with E-state index in [9.17, 15) is 9.59 Å². The monoisotopic (exact) mass is 297 g/mol. The number of imide groups is 1. The smallest absolute Gasteiger partial charge is 0.233 e. The Balaban J connectivity index is 1.58. The molecular weight excluding hydrogens is 270 g/mol. The Kier molecular flexibility index (Phi) is 6.40. The average molecular weight is 297 g/mol. The fourth-order valence-corrected chi connectivity index (χ4v) is 3.77. The van der Waals surface area contributed by atoms with E-state index >= 15 is 0 Å². The van der Waals surface area contributed by atoms with Gasteiger partial charge in [-0.3, -0.25) is 14.5 Å². The van der Waals surface area contributed by atoms with Gasteiger partial charge < -0.3 is 0 Å². The molecule has 3 nitrogen and oxygen atoms in total. The molecule has 2 amide bonds. The van der Waals surface area contributed by atoms with Crippen molar-refractivity contribution in [2.24, 2.45) is 11.8 Å². The highest BCUT2D eigenvalue weighted by molar-refractivity contribution is 7.80. The molecule has 0 spiro atoms. The lowest BCUT2D eigenvalue weighted by molar-refractivity contribution is -0.140. The van der Waals surface area contributed by atoms with Crippen molar-refractivity contribution < 1.29 is 9.59 Å². The normalized spacial score (nSPS) is 25.6. The van der Waals surface area contributed by atoms with Crippen molar-refractivity contribution in [3.05, 3.63) is 0 Å². The van der Waals surface area contributed by atoms with Crippen molar-refractivity contribution >= 4 is 24.4 Å². The van der Waals surface area contributed by atoms with Crippen molar-refractivity contribution in [1.29, 1.82) is 0 Å². The fraction of sp³-hybridized carbons (Fsp3) is 0.875. The van der Waals surface area contributed by atoms with Crippen molar-refractivity contribution in [1.82, 2.24) is 4.90 Å². The number of thiol groups is 1. The maximum absolute atomic E-state index is 12.1. The summed E-state index contributed by atoms with van der Waals surface area (Å²) in [6.07, 6.45) is 11.3. The first-order chi connectivity index (χ1) is 9.75. The molecule has 2 atom stereocenters. The molecule has 20 heavy (non-hydrogen) atoms. The first-order valence-corrected chi connectivity index (χ1v) is 8.85. The van der Waals surface area contributed by atoms with Gasteiger partial charge in [0.25, 0.3) is 0 Å². The summed E-state index contributed by atoms with van der Waals surface area (Å²) in [6, 6.07) is 0. The van der Waals surface area contributed by atoms with Crippen molar-refractivity contribution in [2.45, 2.75) is 64.2 Å². The second kappa shape index (κ2) is 8.06. The van der Waals surface area contributed by atoms with Gasteiger partial charge in [0.15, 0.2) is 0 Å². The van der Waals surface area contributed by atoms with Crippen molar-refractivity contribution in [3.63, 3.8) is 0 Å². The Bertz CT molecular complexity index is 323. The molecular formula is C16H27NO2S. The highest BCUT2D eigenvalue weighted by Crippen LogP contribution is 2.39. The number of fused-ring (bicyclic) bond motifs is 1. The van der Waals surface area contributed by atoms with Crippen LogP contribution < -0.4 is 0 Å². The zero-order valence-electron chi connectivity index (χ0n) is 12.4. The number of hydrogen-bond donors (Lipinski definition) is 1. The number of carbonyl (C=O) groups is 2. The van der Waals surface area contributed by atoms with Crippen LogP contribution in [0.5, 0.6) is 0 Å². The van der Waals surface area contributed by atoms with Crippen molar-refractivity contribution in [3.8, 4) is 0 Å². The van der Waals surface area contributed by atoms with Crippen LogP contribution in [-0.4, -0.2) is 29.0 Å². The van der Waals surface area contributed by atoms with Gasteiger partial charge in [0.1, 0.15) is 0 Å². The molecule has 0 radical (unpaired) electrons. The van der Waals surface area contributed by atoms with Crippen LogP contribution in [0.1, 0.15) is 64.2 Å². The van der Waals surface area contributed by atoms with Crippen LogP contribution >= 0.6 is 12.6 Å². The Morgan fingerprint density at radius 1 is 0.850 bits per heavy atom. The molecule has 2 rings (SSSR count). The maximum atomic E-state index is 12.1. The van der Waals surface area contributed by atoms with Gasteiger partial charge in [0.05, 0.1) is 11.8 Å². The maximum Gasteiger partial charge on any atom is 0.233 e. The second-order valence-corrected chi connectivity index (χ2v) is 6.62. The van der Waals surface area contributed by atoms with E-state index in [1.807, 2.05) is 0 Å². The Morgan fingerprint density at radius 2 is 1.35 bits per heavy atom. The summed E-state index contributed by atoms with van der Waals surface area (Å²) in [4.78, 5) is 25.8. The lowest BCUT2D eigenvalue weighted by Crippen LogP contribution is -2.32. The first kappa shape index (κ1) is 15.9. The van der Waals surface area contributed by atoms with E-state index in [0.717, 1.165) is 37.9 Å². The first-order valence-electron chi connectivity index (χ1n) is 8.22. The summed E-state index contributed by atoms with van der Waals surface area (Å²) in [5.74, 6) is 1.28. The summed E-state index contributed by atoms with van der Waals surface area (Å²) < 4.78 is 0. The van der Waals surface area contributed by atoms with Gasteiger partial charge in [0, 0.05) is 6.54 Å². The summed E-state index contributed by atoms with van der Waals surface area (Å²) in [6.45, 7) is 0.654. The Labute approximate surface area is 127 Å². The quantitative estimate of drug-likeness (QED) is 0.402. The van der Waals surface area contributed by atoms with E-state index in [2.05, 4.69) is 12.6 Å². The fourth-order valence-electron chi connectivity index (χ4n) is 3.55. The Morgan fingerprint density at radius 3 is 1.90 bits per heavy atom. The molecule has 0 N–H and O–H groups in total. The molecule has 1 heterocycles. The van der Waals surface area contributed by atoms with Gasteiger partial charge >= 0.3 is 0 Å². The number of likely N-dealkylation sites (tertiary alicyclic amines) is 1. The van der Waals surface area contributed by atoms with Crippen LogP contribution in [-0.2, 0) is 9.59 Å². The molecule has 1 saturated heterocycles. The van der Waals surface area contributed by atoms with Gasteiger partial charge in [-0.1, -0.05) is 38.5 Å². The van der Waals surface area contributed by atoms with E-state index in [4.69, 9.17) is 0 Å². The molecule has 114 valence electrons. The highest BCUT2D eigenvalue weighted by atomic mass is 32.1. The molecule has 2 unspecified atom stereocenters. The third-order valence-corrected chi connectivity index (χ3v) is 5.04. The van der Waals surface area contributed by atoms with Gasteiger partial charge in [-0.05, 0) is 31.4 Å². The molecule has 4 heteroatoms. The van der Waals surface area contributed by atoms with Crippen LogP contribution in [0.2, 0.25) is 0 Å². The molecule has 0 aromatic heterocycles. The number of carbonyl (C=O) groups excluding carboxylic acids is 2. The van der Waals surface area contributed by atoms with Crippen LogP contribution in [0, 0.1) is 11.8 Å². The largest absolute Gasteiger partial charge is 0.282 e. The van der Waals surface area contributed by atoms with E-state index in [0.29, 0.717) is 6.54 Å². The Hall–Kier alpha value is -0.510. The molecule has 0 aromatic carbocycles. The predicted octanol–water partition coefficient (Wildman–Crippen LogP) is 3.43. The number of amides is 2.